The average molecular weight is 186 g/mol. The minimum absolute atomic E-state index is 0.0807. The fourth-order valence-electron chi connectivity index (χ4n) is 0.922. The summed E-state index contributed by atoms with van der Waals surface area (Å²) >= 11 is 5.70. The lowest BCUT2D eigenvalue weighted by Gasteiger charge is -2.02. The highest BCUT2D eigenvalue weighted by atomic mass is 35.5. The third-order valence-electron chi connectivity index (χ3n) is 1.49. The molecule has 0 saturated heterocycles. The first-order valence-electron chi connectivity index (χ1n) is 3.31. The molecule has 0 aliphatic carbocycles. The topological polar surface area (TPSA) is 52.8 Å². The van der Waals surface area contributed by atoms with Crippen molar-refractivity contribution in [2.75, 3.05) is 0 Å². The summed E-state index contributed by atoms with van der Waals surface area (Å²) in [5, 5.41) is 20.9. The monoisotopic (exact) mass is 185 g/mol. The molecule has 0 bridgehead atoms. The molecule has 0 aliphatic heterocycles. The van der Waals surface area contributed by atoms with Crippen LogP contribution in [0, 0.1) is 6.92 Å². The number of benzene rings is 1. The number of nitrogens with zero attached hydrogens (tertiary/aromatic N) is 1. The van der Waals surface area contributed by atoms with Gasteiger partial charge in [0, 0.05) is 10.6 Å². The summed E-state index contributed by atoms with van der Waals surface area (Å²) in [6.07, 6.45) is 1.13. The van der Waals surface area contributed by atoms with Gasteiger partial charge in [0.25, 0.3) is 0 Å². The van der Waals surface area contributed by atoms with Gasteiger partial charge in [0.1, 0.15) is 5.75 Å². The number of halogens is 1. The first-order chi connectivity index (χ1) is 5.65. The second-order valence-electron chi connectivity index (χ2n) is 2.41. The van der Waals surface area contributed by atoms with E-state index >= 15 is 0 Å². The fraction of sp³-hybridized carbons (Fsp3) is 0.125. The zero-order chi connectivity index (χ0) is 9.14. The van der Waals surface area contributed by atoms with Gasteiger partial charge >= 0.3 is 0 Å². The van der Waals surface area contributed by atoms with Crippen LogP contribution < -0.4 is 0 Å². The Labute approximate surface area is 74.9 Å². The molecule has 1 aromatic rings. The molecular formula is C8H8ClNO2. The normalized spacial score (nSPS) is 10.8. The van der Waals surface area contributed by atoms with Gasteiger partial charge < -0.3 is 10.3 Å². The predicted octanol–water partition coefficient (Wildman–Crippen LogP) is 2.16. The Balaban J connectivity index is 3.27. The summed E-state index contributed by atoms with van der Waals surface area (Å²) in [7, 11) is 0. The van der Waals surface area contributed by atoms with Crippen LogP contribution in [0.4, 0.5) is 0 Å². The lowest BCUT2D eigenvalue weighted by molar-refractivity contribution is 0.321. The van der Waals surface area contributed by atoms with E-state index in [1.807, 2.05) is 0 Å². The van der Waals surface area contributed by atoms with Gasteiger partial charge in [0.05, 0.1) is 6.21 Å². The Kier molecular flexibility index (Phi) is 2.55. The summed E-state index contributed by atoms with van der Waals surface area (Å²) in [5.74, 6) is 0.0807. The van der Waals surface area contributed by atoms with E-state index in [0.29, 0.717) is 16.1 Å². The van der Waals surface area contributed by atoms with Crippen LogP contribution in [-0.2, 0) is 0 Å². The van der Waals surface area contributed by atoms with E-state index < -0.39 is 0 Å². The third-order valence-corrected chi connectivity index (χ3v) is 1.71. The molecule has 2 N–H and O–H groups in total. The Morgan fingerprint density at radius 2 is 2.17 bits per heavy atom. The van der Waals surface area contributed by atoms with Crippen molar-refractivity contribution in [3.05, 3.63) is 28.3 Å². The Hall–Kier alpha value is -1.22. The maximum Gasteiger partial charge on any atom is 0.127 e. The number of aryl methyl sites for hydroxylation is 1. The molecule has 1 aromatic carbocycles. The molecule has 3 nitrogen and oxygen atoms in total. The molecule has 4 heteroatoms. The predicted molar refractivity (Wildman–Crippen MR) is 47.2 cm³/mol. The van der Waals surface area contributed by atoms with Crippen LogP contribution in [0.5, 0.6) is 5.75 Å². The zero-order valence-corrected chi connectivity index (χ0v) is 7.21. The Bertz CT molecular complexity index is 323. The smallest absolute Gasteiger partial charge is 0.127 e. The first kappa shape index (κ1) is 8.87. The van der Waals surface area contributed by atoms with E-state index in [4.69, 9.17) is 16.8 Å². The summed E-state index contributed by atoms with van der Waals surface area (Å²) in [5.41, 5.74) is 1.06. The number of rotatable bonds is 1. The fourth-order valence-corrected chi connectivity index (χ4v) is 1.20. The van der Waals surface area contributed by atoms with Crippen LogP contribution in [0.25, 0.3) is 0 Å². The Morgan fingerprint density at radius 3 is 2.75 bits per heavy atom. The molecule has 0 radical (unpaired) electrons. The van der Waals surface area contributed by atoms with Crippen molar-refractivity contribution < 1.29 is 10.3 Å². The number of phenols is 1. The van der Waals surface area contributed by atoms with Crippen LogP contribution in [0.2, 0.25) is 5.02 Å². The number of phenolic OH excluding ortho intramolecular Hbond substituents is 1. The maximum absolute atomic E-state index is 9.39. The highest BCUT2D eigenvalue weighted by Gasteiger charge is 2.03. The average Bonchev–Trinajstić information content (AvgIpc) is 2.00. The molecule has 0 heterocycles. The van der Waals surface area contributed by atoms with Crippen molar-refractivity contribution in [1.29, 1.82) is 0 Å². The van der Waals surface area contributed by atoms with Gasteiger partial charge in [-0.25, -0.2) is 0 Å². The van der Waals surface area contributed by atoms with Crippen LogP contribution in [0.15, 0.2) is 17.3 Å². The van der Waals surface area contributed by atoms with Crippen LogP contribution >= 0.6 is 11.6 Å². The van der Waals surface area contributed by atoms with E-state index in [1.165, 1.54) is 6.07 Å². The highest BCUT2D eigenvalue weighted by Crippen LogP contribution is 2.24. The third kappa shape index (κ3) is 1.68. The molecule has 12 heavy (non-hydrogen) atoms. The van der Waals surface area contributed by atoms with Crippen molar-refractivity contribution in [2.45, 2.75) is 6.92 Å². The summed E-state index contributed by atoms with van der Waals surface area (Å²) < 4.78 is 0. The molecule has 0 fully saturated rings. The van der Waals surface area contributed by atoms with E-state index in [0.717, 1.165) is 6.21 Å². The van der Waals surface area contributed by atoms with Gasteiger partial charge in [-0.05, 0) is 24.6 Å². The van der Waals surface area contributed by atoms with Crippen LogP contribution in [0.3, 0.4) is 0 Å². The molecule has 0 amide bonds. The second kappa shape index (κ2) is 3.45. The van der Waals surface area contributed by atoms with E-state index in [-0.39, 0.29) is 5.75 Å². The Morgan fingerprint density at radius 1 is 1.50 bits per heavy atom. The zero-order valence-electron chi connectivity index (χ0n) is 6.45. The molecule has 0 atom stereocenters. The van der Waals surface area contributed by atoms with Gasteiger partial charge in [-0.3, -0.25) is 0 Å². The van der Waals surface area contributed by atoms with E-state index in [9.17, 15) is 5.11 Å². The molecule has 0 aromatic heterocycles. The summed E-state index contributed by atoms with van der Waals surface area (Å²) in [4.78, 5) is 0. The van der Waals surface area contributed by atoms with Crippen LogP contribution in [0.1, 0.15) is 11.1 Å². The summed E-state index contributed by atoms with van der Waals surface area (Å²) in [6, 6.07) is 3.15. The second-order valence-corrected chi connectivity index (χ2v) is 2.84. The maximum atomic E-state index is 9.39. The lowest BCUT2D eigenvalue weighted by atomic mass is 10.1. The molecule has 1 rings (SSSR count). The molecular weight excluding hydrogens is 178 g/mol. The SMILES string of the molecule is Cc1cc(Cl)cc(/C=N/O)c1O. The van der Waals surface area contributed by atoms with Crippen molar-refractivity contribution >= 4 is 17.8 Å². The minimum atomic E-state index is 0.0807. The van der Waals surface area contributed by atoms with Gasteiger partial charge in [-0.1, -0.05) is 16.8 Å². The number of hydrogen-bond donors (Lipinski definition) is 2. The van der Waals surface area contributed by atoms with Gasteiger partial charge in [0.2, 0.25) is 0 Å². The van der Waals surface area contributed by atoms with Crippen molar-refractivity contribution in [2.24, 2.45) is 5.16 Å². The van der Waals surface area contributed by atoms with Crippen molar-refractivity contribution in [3.63, 3.8) is 0 Å². The van der Waals surface area contributed by atoms with Gasteiger partial charge in [-0.15, -0.1) is 0 Å². The molecule has 0 spiro atoms. The largest absolute Gasteiger partial charge is 0.507 e. The quantitative estimate of drug-likeness (QED) is 0.400. The van der Waals surface area contributed by atoms with Gasteiger partial charge in [0.15, 0.2) is 0 Å². The standard InChI is InChI=1S/C8H8ClNO2/c1-5-2-7(9)3-6(4-10-12)8(5)11/h2-4,11-12H,1H3/b10-4+. The molecule has 64 valence electrons. The van der Waals surface area contributed by atoms with Crippen LogP contribution in [-0.4, -0.2) is 16.5 Å². The number of aromatic hydroxyl groups is 1. The number of hydrogen-bond acceptors (Lipinski definition) is 3. The number of oxime groups is 1. The lowest BCUT2D eigenvalue weighted by Crippen LogP contribution is -1.85. The summed E-state index contributed by atoms with van der Waals surface area (Å²) in [6.45, 7) is 1.72. The van der Waals surface area contributed by atoms with Gasteiger partial charge in [-0.2, -0.15) is 0 Å². The highest BCUT2D eigenvalue weighted by molar-refractivity contribution is 6.31. The first-order valence-corrected chi connectivity index (χ1v) is 3.69. The van der Waals surface area contributed by atoms with Crippen molar-refractivity contribution in [1.82, 2.24) is 0 Å². The molecule has 0 unspecified atom stereocenters. The van der Waals surface area contributed by atoms with Crippen molar-refractivity contribution in [3.8, 4) is 5.75 Å². The van der Waals surface area contributed by atoms with E-state index in [2.05, 4.69) is 5.16 Å². The minimum Gasteiger partial charge on any atom is -0.507 e. The molecule has 0 saturated carbocycles. The molecule has 0 aliphatic rings. The van der Waals surface area contributed by atoms with E-state index in [1.54, 1.807) is 13.0 Å².